The van der Waals surface area contributed by atoms with E-state index in [1.807, 2.05) is 19.1 Å². The number of amides is 2. The van der Waals surface area contributed by atoms with E-state index in [4.69, 9.17) is 17.0 Å². The van der Waals surface area contributed by atoms with Crippen LogP contribution in [-0.2, 0) is 14.4 Å². The number of aliphatic carboxylic acids is 1. The largest absolute Gasteiger partial charge is 0.546 e. The Morgan fingerprint density at radius 2 is 1.83 bits per heavy atom. The van der Waals surface area contributed by atoms with E-state index in [9.17, 15) is 19.5 Å². The molecule has 0 unspecified atom stereocenters. The summed E-state index contributed by atoms with van der Waals surface area (Å²) in [4.78, 5) is 37.4. The fraction of sp³-hybridized carbons (Fsp3) is 0.143. The third-order valence-corrected chi connectivity index (χ3v) is 4.58. The molecule has 0 aromatic heterocycles. The van der Waals surface area contributed by atoms with Crippen LogP contribution in [0, 0.1) is 6.92 Å². The number of carbonyl (C=O) groups excluding carboxylic acids is 3. The molecule has 2 amide bonds. The maximum Gasteiger partial charge on any atom is 0.270 e. The Hall–Kier alpha value is -3.52. The molecule has 7 nitrogen and oxygen atoms in total. The Balaban J connectivity index is 1.89. The van der Waals surface area contributed by atoms with Crippen LogP contribution in [0.3, 0.4) is 0 Å². The van der Waals surface area contributed by atoms with Crippen molar-refractivity contribution in [2.45, 2.75) is 20.0 Å². The molecule has 0 radical (unpaired) electrons. The normalized spacial score (nSPS) is 16.6. The Kier molecular flexibility index (Phi) is 5.74. The third-order valence-electron chi connectivity index (χ3n) is 4.29. The summed E-state index contributed by atoms with van der Waals surface area (Å²) in [6.45, 7) is 3.21. The van der Waals surface area contributed by atoms with Crippen LogP contribution < -0.4 is 20.1 Å². The fourth-order valence-corrected chi connectivity index (χ4v) is 3.03. The van der Waals surface area contributed by atoms with E-state index < -0.39 is 23.9 Å². The van der Waals surface area contributed by atoms with Crippen LogP contribution in [0.15, 0.2) is 54.1 Å². The molecule has 148 valence electrons. The van der Waals surface area contributed by atoms with Gasteiger partial charge in [-0.05, 0) is 61.5 Å². The van der Waals surface area contributed by atoms with Crippen LogP contribution in [0.25, 0.3) is 6.08 Å². The summed E-state index contributed by atoms with van der Waals surface area (Å²) in [5, 5.41) is 13.3. The number of hydrogen-bond acceptors (Lipinski definition) is 6. The molecule has 3 rings (SSSR count). The Morgan fingerprint density at radius 1 is 1.17 bits per heavy atom. The molecular weight excluding hydrogens is 392 g/mol. The lowest BCUT2D eigenvalue weighted by atomic mass is 10.1. The van der Waals surface area contributed by atoms with Crippen LogP contribution in [0.5, 0.6) is 5.75 Å². The average molecular weight is 409 g/mol. The summed E-state index contributed by atoms with van der Waals surface area (Å²) in [5.41, 5.74) is 1.92. The maximum atomic E-state index is 13.0. The minimum absolute atomic E-state index is 0.0199. The van der Waals surface area contributed by atoms with Gasteiger partial charge in [-0.25, -0.2) is 0 Å². The van der Waals surface area contributed by atoms with Gasteiger partial charge >= 0.3 is 0 Å². The topological polar surface area (TPSA) is 98.8 Å². The third kappa shape index (κ3) is 4.33. The summed E-state index contributed by atoms with van der Waals surface area (Å²) in [6.07, 6.45) is 0.338. The summed E-state index contributed by atoms with van der Waals surface area (Å²) >= 11 is 5.19. The molecule has 29 heavy (non-hydrogen) atoms. The van der Waals surface area contributed by atoms with E-state index in [2.05, 4.69) is 5.32 Å². The van der Waals surface area contributed by atoms with Crippen molar-refractivity contribution in [2.24, 2.45) is 0 Å². The molecule has 0 spiro atoms. The van der Waals surface area contributed by atoms with Gasteiger partial charge in [0.2, 0.25) is 0 Å². The van der Waals surface area contributed by atoms with Gasteiger partial charge in [0.25, 0.3) is 11.8 Å². The van der Waals surface area contributed by atoms with Crippen LogP contribution >= 0.6 is 12.2 Å². The molecule has 1 fully saturated rings. The van der Waals surface area contributed by atoms with Crippen molar-refractivity contribution in [3.63, 3.8) is 0 Å². The van der Waals surface area contributed by atoms with Crippen LogP contribution in [0.2, 0.25) is 0 Å². The molecule has 0 saturated carbocycles. The minimum atomic E-state index is -1.33. The lowest BCUT2D eigenvalue weighted by Crippen LogP contribution is -2.54. The first-order valence-corrected chi connectivity index (χ1v) is 9.13. The lowest BCUT2D eigenvalue weighted by Gasteiger charge is -2.30. The second kappa shape index (κ2) is 8.24. The zero-order valence-corrected chi connectivity index (χ0v) is 16.5. The van der Waals surface area contributed by atoms with Crippen molar-refractivity contribution in [1.82, 2.24) is 5.32 Å². The molecule has 1 atom stereocenters. The van der Waals surface area contributed by atoms with E-state index in [-0.39, 0.29) is 10.7 Å². The van der Waals surface area contributed by atoms with Gasteiger partial charge in [0, 0.05) is 0 Å². The molecule has 2 aromatic carbocycles. The second-order valence-corrected chi connectivity index (χ2v) is 6.78. The number of nitrogens with one attached hydrogen (secondary N) is 1. The van der Waals surface area contributed by atoms with Crippen LogP contribution in [0.1, 0.15) is 18.1 Å². The SMILES string of the molecule is Cc1ccccc1N1C(=O)/C(=C/c2ccc(O[C@H](C)C(=O)[O-])cc2)C(=O)NC1=S. The highest BCUT2D eigenvalue weighted by molar-refractivity contribution is 7.80. The first-order valence-electron chi connectivity index (χ1n) is 8.72. The van der Waals surface area contributed by atoms with Crippen molar-refractivity contribution < 1.29 is 24.2 Å². The zero-order chi connectivity index (χ0) is 21.1. The predicted octanol–water partition coefficient (Wildman–Crippen LogP) is 1.34. The fourth-order valence-electron chi connectivity index (χ4n) is 2.75. The number of para-hydroxylation sites is 1. The quantitative estimate of drug-likeness (QED) is 0.455. The van der Waals surface area contributed by atoms with Crippen LogP contribution in [-0.4, -0.2) is 29.0 Å². The van der Waals surface area contributed by atoms with E-state index in [0.717, 1.165) is 5.56 Å². The van der Waals surface area contributed by atoms with Crippen molar-refractivity contribution in [2.75, 3.05) is 4.90 Å². The molecular formula is C21H17N2O5S-. The standard InChI is InChI=1S/C21H18N2O5S/c1-12-5-3-4-6-17(12)23-19(25)16(18(24)22-21(23)29)11-14-7-9-15(10-8-14)28-13(2)20(26)27/h3-11,13H,1-2H3,(H,26,27)(H,22,24,29)/p-1/b16-11+/t13-/m1/s1. The highest BCUT2D eigenvalue weighted by atomic mass is 32.1. The molecule has 1 heterocycles. The van der Waals surface area contributed by atoms with Gasteiger partial charge < -0.3 is 14.6 Å². The number of thiocarbonyl (C=S) groups is 1. The van der Waals surface area contributed by atoms with Crippen molar-refractivity contribution >= 4 is 46.9 Å². The monoisotopic (exact) mass is 409 g/mol. The van der Waals surface area contributed by atoms with Gasteiger partial charge in [-0.3, -0.25) is 19.8 Å². The number of anilines is 1. The number of hydrogen-bond donors (Lipinski definition) is 1. The number of benzene rings is 2. The molecule has 1 saturated heterocycles. The van der Waals surface area contributed by atoms with Crippen molar-refractivity contribution in [3.05, 3.63) is 65.2 Å². The van der Waals surface area contributed by atoms with Gasteiger partial charge in [-0.15, -0.1) is 0 Å². The van der Waals surface area contributed by atoms with Crippen molar-refractivity contribution in [1.29, 1.82) is 0 Å². The number of ether oxygens (including phenoxy) is 1. The number of carbonyl (C=O) groups is 3. The van der Waals surface area contributed by atoms with Gasteiger partial charge in [0.15, 0.2) is 5.11 Å². The number of nitrogens with zero attached hydrogens (tertiary/aromatic N) is 1. The van der Waals surface area contributed by atoms with Crippen molar-refractivity contribution in [3.8, 4) is 5.75 Å². The molecule has 2 aromatic rings. The van der Waals surface area contributed by atoms with Gasteiger partial charge in [-0.1, -0.05) is 30.3 Å². The van der Waals surface area contributed by atoms with Gasteiger partial charge in [0.05, 0.1) is 11.7 Å². The van der Waals surface area contributed by atoms with E-state index in [1.165, 1.54) is 17.9 Å². The summed E-state index contributed by atoms with van der Waals surface area (Å²) in [6, 6.07) is 13.5. The number of rotatable bonds is 5. The number of carboxylic acids is 1. The number of carboxylic acid groups (broad SMARTS) is 1. The zero-order valence-electron chi connectivity index (χ0n) is 15.7. The smallest absolute Gasteiger partial charge is 0.270 e. The highest BCUT2D eigenvalue weighted by Gasteiger charge is 2.34. The highest BCUT2D eigenvalue weighted by Crippen LogP contribution is 2.25. The molecule has 1 N–H and O–H groups in total. The van der Waals surface area contributed by atoms with Gasteiger partial charge in [0.1, 0.15) is 17.4 Å². The number of aryl methyl sites for hydroxylation is 1. The van der Waals surface area contributed by atoms with E-state index in [0.29, 0.717) is 17.0 Å². The molecule has 0 aliphatic carbocycles. The Morgan fingerprint density at radius 3 is 2.45 bits per heavy atom. The second-order valence-electron chi connectivity index (χ2n) is 6.39. The summed E-state index contributed by atoms with van der Waals surface area (Å²) in [5.74, 6) is -2.12. The summed E-state index contributed by atoms with van der Waals surface area (Å²) < 4.78 is 5.21. The molecule has 8 heteroatoms. The minimum Gasteiger partial charge on any atom is -0.546 e. The maximum absolute atomic E-state index is 13.0. The van der Waals surface area contributed by atoms with E-state index >= 15 is 0 Å². The molecule has 1 aliphatic rings. The first kappa shape index (κ1) is 20.2. The first-order chi connectivity index (χ1) is 13.8. The predicted molar refractivity (Wildman–Crippen MR) is 109 cm³/mol. The average Bonchev–Trinajstić information content (AvgIpc) is 2.67. The molecule has 1 aliphatic heterocycles. The Bertz CT molecular complexity index is 1030. The Labute approximate surface area is 172 Å². The summed E-state index contributed by atoms with van der Waals surface area (Å²) in [7, 11) is 0. The van der Waals surface area contributed by atoms with Crippen LogP contribution in [0.4, 0.5) is 5.69 Å². The lowest BCUT2D eigenvalue weighted by molar-refractivity contribution is -0.312. The van der Waals surface area contributed by atoms with Gasteiger partial charge in [-0.2, -0.15) is 0 Å². The van der Waals surface area contributed by atoms with E-state index in [1.54, 1.807) is 36.4 Å². The molecule has 0 bridgehead atoms.